The van der Waals surface area contributed by atoms with E-state index in [-0.39, 0.29) is 0 Å². The molecule has 2 heteroatoms. The fraction of sp³-hybridized carbons (Fsp3) is 1.00. The lowest BCUT2D eigenvalue weighted by molar-refractivity contribution is -0.946. The molecule has 0 saturated heterocycles. The Morgan fingerprint density at radius 2 is 1.79 bits per heavy atom. The number of hydrogen-bond donors (Lipinski definition) is 2. The first-order valence-corrected chi connectivity index (χ1v) is 6.21. The summed E-state index contributed by atoms with van der Waals surface area (Å²) in [6.45, 7) is 5.05. The van der Waals surface area contributed by atoms with Crippen LogP contribution in [0, 0.1) is 5.92 Å². The van der Waals surface area contributed by atoms with Gasteiger partial charge in [0.2, 0.25) is 0 Å². The predicted molar refractivity (Wildman–Crippen MR) is 60.9 cm³/mol. The van der Waals surface area contributed by atoms with Crippen molar-refractivity contribution in [3.63, 3.8) is 0 Å². The molecule has 0 spiro atoms. The Kier molecular flexibility index (Phi) is 4.90. The van der Waals surface area contributed by atoms with Crippen molar-refractivity contribution >= 4 is 0 Å². The molecule has 14 heavy (non-hydrogen) atoms. The molecule has 2 N–H and O–H groups in total. The summed E-state index contributed by atoms with van der Waals surface area (Å²) in [4.78, 5) is 3.34. The second-order valence-electron chi connectivity index (χ2n) is 5.52. The van der Waals surface area contributed by atoms with Gasteiger partial charge in [-0.15, -0.1) is 0 Å². The summed E-state index contributed by atoms with van der Waals surface area (Å²) >= 11 is 0. The topological polar surface area (TPSA) is 8.88 Å². The number of rotatable bonds is 4. The van der Waals surface area contributed by atoms with Crippen molar-refractivity contribution in [3.8, 4) is 0 Å². The first kappa shape index (κ1) is 12.0. The third-order valence-electron chi connectivity index (χ3n) is 3.65. The monoisotopic (exact) mass is 200 g/mol. The van der Waals surface area contributed by atoms with Crippen LogP contribution in [0.5, 0.6) is 0 Å². The normalized spacial score (nSPS) is 30.6. The zero-order chi connectivity index (χ0) is 10.6. The highest BCUT2D eigenvalue weighted by Gasteiger charge is 2.25. The van der Waals surface area contributed by atoms with Gasteiger partial charge in [-0.25, -0.2) is 0 Å². The van der Waals surface area contributed by atoms with Crippen LogP contribution in [0.3, 0.4) is 0 Å². The Hall–Kier alpha value is -0.0800. The lowest BCUT2D eigenvalue weighted by Gasteiger charge is -2.31. The first-order chi connectivity index (χ1) is 6.59. The summed E-state index contributed by atoms with van der Waals surface area (Å²) in [5.41, 5.74) is 0. The van der Waals surface area contributed by atoms with Gasteiger partial charge in [-0.3, -0.25) is 0 Å². The van der Waals surface area contributed by atoms with Crippen molar-refractivity contribution in [2.24, 2.45) is 5.92 Å². The Balaban J connectivity index is 2.25. The molecule has 0 aliphatic heterocycles. The molecule has 1 fully saturated rings. The average Bonchev–Trinajstić information content (AvgIpc) is 2.14. The van der Waals surface area contributed by atoms with Gasteiger partial charge in [-0.05, 0) is 18.8 Å². The lowest BCUT2D eigenvalue weighted by atomic mass is 9.86. The second-order valence-corrected chi connectivity index (χ2v) is 5.52. The van der Waals surface area contributed by atoms with Crippen LogP contribution >= 0.6 is 0 Å². The molecule has 0 bridgehead atoms. The van der Waals surface area contributed by atoms with Gasteiger partial charge in [0.15, 0.2) is 0 Å². The largest absolute Gasteiger partial charge is 0.335 e. The lowest BCUT2D eigenvalue weighted by Crippen LogP contribution is -3.18. The number of nitrogens with one attached hydrogen (secondary N) is 2. The van der Waals surface area contributed by atoms with E-state index in [1.54, 1.807) is 9.80 Å². The zero-order valence-corrected chi connectivity index (χ0v) is 10.4. The van der Waals surface area contributed by atoms with Gasteiger partial charge < -0.3 is 9.80 Å². The predicted octanol–water partition coefficient (Wildman–Crippen LogP) is -0.776. The number of hydrogen-bond acceptors (Lipinski definition) is 0. The highest BCUT2D eigenvalue weighted by atomic mass is 15.2. The van der Waals surface area contributed by atoms with Crippen LogP contribution in [-0.2, 0) is 0 Å². The van der Waals surface area contributed by atoms with Gasteiger partial charge in [0.05, 0.1) is 27.2 Å². The van der Waals surface area contributed by atoms with Crippen molar-refractivity contribution in [1.29, 1.82) is 0 Å². The van der Waals surface area contributed by atoms with E-state index in [2.05, 4.69) is 28.1 Å². The first-order valence-electron chi connectivity index (χ1n) is 6.21. The molecule has 1 aliphatic carbocycles. The third kappa shape index (κ3) is 3.97. The van der Waals surface area contributed by atoms with Crippen LogP contribution in [0.1, 0.15) is 32.6 Å². The van der Waals surface area contributed by atoms with Crippen molar-refractivity contribution in [1.82, 2.24) is 0 Å². The molecule has 0 aromatic heterocycles. The fourth-order valence-electron chi connectivity index (χ4n) is 2.53. The maximum absolute atomic E-state index is 2.41. The summed E-state index contributed by atoms with van der Waals surface area (Å²) in [6, 6.07) is 0.943. The van der Waals surface area contributed by atoms with Gasteiger partial charge in [0, 0.05) is 6.42 Å². The fourth-order valence-corrected chi connectivity index (χ4v) is 2.53. The van der Waals surface area contributed by atoms with Crippen LogP contribution in [0.25, 0.3) is 0 Å². The van der Waals surface area contributed by atoms with E-state index >= 15 is 0 Å². The van der Waals surface area contributed by atoms with Crippen LogP contribution < -0.4 is 9.80 Å². The Morgan fingerprint density at radius 1 is 1.07 bits per heavy atom. The van der Waals surface area contributed by atoms with Crippen molar-refractivity contribution in [3.05, 3.63) is 0 Å². The van der Waals surface area contributed by atoms with Gasteiger partial charge in [0.1, 0.15) is 13.1 Å². The molecule has 1 saturated carbocycles. The van der Waals surface area contributed by atoms with Crippen molar-refractivity contribution in [2.45, 2.75) is 38.6 Å². The van der Waals surface area contributed by atoms with E-state index in [1.807, 2.05) is 0 Å². The van der Waals surface area contributed by atoms with Gasteiger partial charge in [-0.2, -0.15) is 0 Å². The molecule has 2 nitrogen and oxygen atoms in total. The van der Waals surface area contributed by atoms with Crippen LogP contribution in [0.4, 0.5) is 0 Å². The summed E-state index contributed by atoms with van der Waals surface area (Å²) < 4.78 is 0. The molecule has 1 unspecified atom stereocenters. The molecular formula is C12H28N2+2. The minimum Gasteiger partial charge on any atom is -0.335 e. The second kappa shape index (κ2) is 5.72. The van der Waals surface area contributed by atoms with Crippen LogP contribution in [0.15, 0.2) is 0 Å². The van der Waals surface area contributed by atoms with E-state index in [9.17, 15) is 0 Å². The van der Waals surface area contributed by atoms with E-state index in [0.717, 1.165) is 12.0 Å². The van der Waals surface area contributed by atoms with E-state index < -0.39 is 0 Å². The van der Waals surface area contributed by atoms with E-state index in [4.69, 9.17) is 0 Å². The molecule has 1 rings (SSSR count). The molecule has 3 atom stereocenters. The van der Waals surface area contributed by atoms with Crippen molar-refractivity contribution in [2.75, 3.05) is 34.2 Å². The molecule has 0 aromatic carbocycles. The Bertz CT molecular complexity index is 156. The average molecular weight is 200 g/mol. The summed E-state index contributed by atoms with van der Waals surface area (Å²) in [7, 11) is 6.87. The highest BCUT2D eigenvalue weighted by molar-refractivity contribution is 4.68. The standard InChI is InChI=1S/C12H26N2/c1-11-6-5-7-12(10-11)14(4)9-8-13(2)3/h11-12H,5-10H2,1-4H3/p+2/t11-,12-/m0/s1. The summed E-state index contributed by atoms with van der Waals surface area (Å²) in [6.07, 6.45) is 5.83. The van der Waals surface area contributed by atoms with E-state index in [0.29, 0.717) is 0 Å². The molecule has 0 heterocycles. The van der Waals surface area contributed by atoms with Crippen molar-refractivity contribution < 1.29 is 9.80 Å². The van der Waals surface area contributed by atoms with Gasteiger partial charge >= 0.3 is 0 Å². The summed E-state index contributed by atoms with van der Waals surface area (Å²) in [5.74, 6) is 0.968. The minimum atomic E-state index is 0.943. The number of quaternary nitrogens is 2. The number of likely N-dealkylation sites (N-methyl/N-ethyl adjacent to an activating group) is 2. The minimum absolute atomic E-state index is 0.943. The van der Waals surface area contributed by atoms with Gasteiger partial charge in [-0.1, -0.05) is 13.3 Å². The Morgan fingerprint density at radius 3 is 2.36 bits per heavy atom. The third-order valence-corrected chi connectivity index (χ3v) is 3.65. The van der Waals surface area contributed by atoms with Gasteiger partial charge in [0.25, 0.3) is 0 Å². The molecule has 0 aromatic rings. The molecular weight excluding hydrogens is 172 g/mol. The summed E-state index contributed by atoms with van der Waals surface area (Å²) in [5, 5.41) is 0. The highest BCUT2D eigenvalue weighted by Crippen LogP contribution is 2.21. The van der Waals surface area contributed by atoms with E-state index in [1.165, 1.54) is 38.8 Å². The molecule has 0 radical (unpaired) electrons. The SMILES string of the molecule is C[C@H]1CCC[C@H]([NH+](C)CC[NH+](C)C)C1. The van der Waals surface area contributed by atoms with Crippen LogP contribution in [-0.4, -0.2) is 40.3 Å². The molecule has 0 amide bonds. The molecule has 84 valence electrons. The Labute approximate surface area is 89.3 Å². The van der Waals surface area contributed by atoms with Crippen LogP contribution in [0.2, 0.25) is 0 Å². The smallest absolute Gasteiger partial charge is 0.127 e. The zero-order valence-electron chi connectivity index (χ0n) is 10.4. The maximum atomic E-state index is 2.41. The molecule has 1 aliphatic rings. The quantitative estimate of drug-likeness (QED) is 0.589. The maximum Gasteiger partial charge on any atom is 0.127 e.